The molecule has 0 aromatic carbocycles. The molecule has 0 heterocycles. The molecule has 0 aromatic heterocycles. The quantitative estimate of drug-likeness (QED) is 0.302. The Hall–Kier alpha value is -0.0700. The van der Waals surface area contributed by atoms with Gasteiger partial charge in [0.1, 0.15) is 0 Å². The van der Waals surface area contributed by atoms with Crippen LogP contribution in [0.15, 0.2) is 0 Å². The lowest BCUT2D eigenvalue weighted by Crippen LogP contribution is -3.00. The van der Waals surface area contributed by atoms with Crippen molar-refractivity contribution in [3.8, 4) is 0 Å². The largest absolute Gasteiger partial charge is 1.00 e. The van der Waals surface area contributed by atoms with Gasteiger partial charge in [-0.05, 0) is 0 Å². The second-order valence-electron chi connectivity index (χ2n) is 1.15. The van der Waals surface area contributed by atoms with Gasteiger partial charge in [-0.2, -0.15) is 0 Å². The van der Waals surface area contributed by atoms with Gasteiger partial charge in [0.05, 0.1) is 0 Å². The predicted molar refractivity (Wildman–Crippen MR) is 72.1 cm³/mol. The molecular weight excluding hydrogens is 266 g/mol. The number of rotatable bonds is 0. The van der Waals surface area contributed by atoms with Crippen LogP contribution >= 0.6 is 0 Å². The molecule has 128 valence electrons. The Morgan fingerprint density at radius 1 is 0.444 bits per heavy atom. The molecule has 0 aliphatic carbocycles. The standard InChI is InChI=1S/4C2H5O.ClH.5H3N/c4*1-2-3;;;;;;/h4*2H2,1H3;1H;5*1H3/q4*-1;;;;;;/p+4. The van der Waals surface area contributed by atoms with Crippen LogP contribution in [0.1, 0.15) is 27.7 Å². The zero-order valence-electron chi connectivity index (χ0n) is 13.8. The van der Waals surface area contributed by atoms with E-state index in [1.807, 2.05) is 0 Å². The van der Waals surface area contributed by atoms with Crippen molar-refractivity contribution in [3.63, 3.8) is 0 Å². The van der Waals surface area contributed by atoms with Gasteiger partial charge in [0.15, 0.2) is 0 Å². The number of halogens is 1. The van der Waals surface area contributed by atoms with Crippen molar-refractivity contribution in [2.24, 2.45) is 0 Å². The first-order valence-electron chi connectivity index (χ1n) is 3.98. The van der Waals surface area contributed by atoms with Crippen LogP contribution in [0.3, 0.4) is 0 Å². The maximum atomic E-state index is 8.93. The van der Waals surface area contributed by atoms with Crippen molar-refractivity contribution < 1.29 is 32.8 Å². The Balaban J connectivity index is -0.00000000533. The van der Waals surface area contributed by atoms with Crippen LogP contribution in [0.2, 0.25) is 0 Å². The first-order valence-corrected chi connectivity index (χ1v) is 3.98. The second kappa shape index (κ2) is 278. The summed E-state index contributed by atoms with van der Waals surface area (Å²) in [6, 6.07) is 0. The van der Waals surface area contributed by atoms with Gasteiger partial charge in [-0.1, -0.05) is 27.7 Å². The van der Waals surface area contributed by atoms with E-state index in [0.29, 0.717) is 0 Å². The highest BCUT2D eigenvalue weighted by molar-refractivity contribution is 3.80. The van der Waals surface area contributed by atoms with E-state index in [1.54, 1.807) is 27.7 Å². The van der Waals surface area contributed by atoms with Crippen molar-refractivity contribution >= 4 is 0 Å². The van der Waals surface area contributed by atoms with E-state index >= 15 is 0 Å². The summed E-state index contributed by atoms with van der Waals surface area (Å²) in [7, 11) is 0. The number of hydrogen-bond donors (Lipinski definition) is 5. The Morgan fingerprint density at radius 2 is 0.444 bits per heavy atom. The minimum atomic E-state index is 0. The molecule has 0 aliphatic rings. The summed E-state index contributed by atoms with van der Waals surface area (Å²) in [5, 5.41) is 35.7. The summed E-state index contributed by atoms with van der Waals surface area (Å²) in [5.74, 6) is 0. The number of hydrogen-bond acceptors (Lipinski definition) is 4. The average molecular weight is 306 g/mol. The summed E-state index contributed by atoms with van der Waals surface area (Å²) in [4.78, 5) is 0. The van der Waals surface area contributed by atoms with Crippen LogP contribution < -0.4 is 63.6 Å². The minimum Gasteiger partial charge on any atom is -1.00 e. The first kappa shape index (κ1) is 81.7. The molecule has 0 spiro atoms. The lowest BCUT2D eigenvalue weighted by atomic mass is 10.9. The highest BCUT2D eigenvalue weighted by atomic mass is 35.5. The SMILES string of the molecule is CC[O-].CC[O-].CC[O-].CC[O-].[Cl-].[NH4+].[NH4+].[NH4+].[NH4+].[NH4+]. The van der Waals surface area contributed by atoms with E-state index in [4.69, 9.17) is 20.4 Å². The molecule has 0 aromatic rings. The van der Waals surface area contributed by atoms with Gasteiger partial charge < -0.3 is 63.6 Å². The molecule has 0 atom stereocenters. The van der Waals surface area contributed by atoms with E-state index in [-0.39, 0.29) is 69.6 Å². The second-order valence-corrected chi connectivity index (χ2v) is 1.15. The molecule has 0 saturated heterocycles. The fraction of sp³-hybridized carbons (Fsp3) is 1.00. The molecule has 9 nitrogen and oxygen atoms in total. The first-order chi connectivity index (χ1) is 5.66. The molecule has 18 heavy (non-hydrogen) atoms. The van der Waals surface area contributed by atoms with Crippen LogP contribution in [0.5, 0.6) is 0 Å². The van der Waals surface area contributed by atoms with Gasteiger partial charge in [0, 0.05) is 0 Å². The van der Waals surface area contributed by atoms with E-state index in [1.165, 1.54) is 0 Å². The smallest absolute Gasteiger partial charge is 0.0809 e. The maximum absolute atomic E-state index is 8.93. The van der Waals surface area contributed by atoms with Gasteiger partial charge in [-0.3, -0.25) is 0 Å². The van der Waals surface area contributed by atoms with Gasteiger partial charge in [0.2, 0.25) is 0 Å². The Labute approximate surface area is 118 Å². The van der Waals surface area contributed by atoms with Crippen molar-refractivity contribution in [1.29, 1.82) is 0 Å². The fourth-order valence-corrected chi connectivity index (χ4v) is 0. The van der Waals surface area contributed by atoms with Gasteiger partial charge >= 0.3 is 0 Å². The van der Waals surface area contributed by atoms with Crippen molar-refractivity contribution in [2.75, 3.05) is 26.4 Å². The van der Waals surface area contributed by atoms with E-state index in [0.717, 1.165) is 0 Å². The van der Waals surface area contributed by atoms with Crippen LogP contribution in [0.4, 0.5) is 0 Å². The Kier molecular flexibility index (Phi) is 1260. The molecule has 10 heteroatoms. The summed E-state index contributed by atoms with van der Waals surface area (Å²) >= 11 is 0. The predicted octanol–water partition coefficient (Wildman–Crippen LogP) is -3.65. The molecule has 0 amide bonds. The molecule has 0 aliphatic heterocycles. The topological polar surface area (TPSA) is 275 Å². The van der Waals surface area contributed by atoms with Crippen LogP contribution in [-0.2, 0) is 0 Å². The van der Waals surface area contributed by atoms with Gasteiger partial charge in [0.25, 0.3) is 0 Å². The Bertz CT molecular complexity index is 39.4. The molecule has 0 saturated carbocycles. The molecule has 0 radical (unpaired) electrons. The highest BCUT2D eigenvalue weighted by Gasteiger charge is 1.17. The fourth-order valence-electron chi connectivity index (χ4n) is 0. The van der Waals surface area contributed by atoms with Crippen molar-refractivity contribution in [3.05, 3.63) is 0 Å². The monoisotopic (exact) mass is 305 g/mol. The maximum Gasteiger partial charge on any atom is -0.0809 e. The third kappa shape index (κ3) is 725000. The molecule has 0 fully saturated rings. The summed E-state index contributed by atoms with van der Waals surface area (Å²) < 4.78 is 0. The van der Waals surface area contributed by atoms with Crippen molar-refractivity contribution in [2.45, 2.75) is 27.7 Å². The van der Waals surface area contributed by atoms with Gasteiger partial charge in [-0.25, -0.2) is 0 Å². The highest BCUT2D eigenvalue weighted by Crippen LogP contribution is 1.19. The normalized spacial score (nSPS) is 4.00. The summed E-state index contributed by atoms with van der Waals surface area (Å²) in [6.45, 7) is 6.28. The summed E-state index contributed by atoms with van der Waals surface area (Å²) in [6.07, 6.45) is 0. The summed E-state index contributed by atoms with van der Waals surface area (Å²) in [5.41, 5.74) is 0. The van der Waals surface area contributed by atoms with Crippen LogP contribution in [-0.4, -0.2) is 26.4 Å². The molecular formula is C8H40ClN5O4. The lowest BCUT2D eigenvalue weighted by molar-refractivity contribution is -0.362. The molecule has 0 rings (SSSR count). The van der Waals surface area contributed by atoms with Crippen LogP contribution in [0.25, 0.3) is 0 Å². The van der Waals surface area contributed by atoms with E-state index < -0.39 is 0 Å². The number of quaternary nitrogens is 5. The zero-order chi connectivity index (χ0) is 10.8. The minimum absolute atomic E-state index is 0. The van der Waals surface area contributed by atoms with Crippen molar-refractivity contribution in [1.82, 2.24) is 30.8 Å². The van der Waals surface area contributed by atoms with Gasteiger partial charge in [-0.15, -0.1) is 26.4 Å². The Morgan fingerprint density at radius 3 is 0.444 bits per heavy atom. The third-order valence-corrected chi connectivity index (χ3v) is 0. The zero-order valence-corrected chi connectivity index (χ0v) is 14.6. The lowest BCUT2D eigenvalue weighted by Gasteiger charge is -1.79. The third-order valence-electron chi connectivity index (χ3n) is 0. The van der Waals surface area contributed by atoms with Crippen LogP contribution in [0, 0.1) is 0 Å². The van der Waals surface area contributed by atoms with E-state index in [2.05, 4.69) is 0 Å². The molecule has 0 unspecified atom stereocenters. The molecule has 20 N–H and O–H groups in total. The average Bonchev–Trinajstić information content (AvgIpc) is 1.92. The molecule has 0 bridgehead atoms. The van der Waals surface area contributed by atoms with E-state index in [9.17, 15) is 0 Å².